The van der Waals surface area contributed by atoms with E-state index in [9.17, 15) is 0 Å². The Kier molecular flexibility index (Phi) is 12.6. The van der Waals surface area contributed by atoms with Crippen molar-refractivity contribution < 1.29 is 0 Å². The molecule has 0 unspecified atom stereocenters. The Balaban J connectivity index is 2.58. The minimum atomic E-state index is -2.22. The van der Waals surface area contributed by atoms with E-state index in [2.05, 4.69) is 63.0 Å². The van der Waals surface area contributed by atoms with Crippen molar-refractivity contribution in [1.29, 1.82) is 0 Å². The fraction of sp³-hybridized carbons (Fsp3) is 0.652. The fourth-order valence-electron chi connectivity index (χ4n) is 3.76. The summed E-state index contributed by atoms with van der Waals surface area (Å²) in [5.41, 5.74) is 1.43. The number of nitrogens with one attached hydrogen (secondary N) is 1. The number of hydrogen-bond donors (Lipinski definition) is 1. The van der Waals surface area contributed by atoms with E-state index in [1.165, 1.54) is 57.4 Å². The molecule has 0 heterocycles. The maximum absolute atomic E-state index is 4.66. The molecule has 0 aliphatic carbocycles. The third-order valence-corrected chi connectivity index (χ3v) is 21.6. The number of benzene rings is 1. The molecule has 1 rings (SSSR count). The number of rotatable bonds is 15. The Morgan fingerprint density at radius 1 is 0.880 bits per heavy atom. The van der Waals surface area contributed by atoms with Crippen LogP contribution in [0.2, 0.25) is 13.3 Å². The van der Waals surface area contributed by atoms with Gasteiger partial charge < -0.3 is 0 Å². The Morgan fingerprint density at radius 2 is 1.40 bits per heavy atom. The average Bonchev–Trinajstić information content (AvgIpc) is 2.65. The van der Waals surface area contributed by atoms with Gasteiger partial charge in [0.25, 0.3) is 0 Å². The molecule has 0 fully saturated rings. The van der Waals surface area contributed by atoms with Crippen molar-refractivity contribution in [2.45, 2.75) is 79.0 Å². The Morgan fingerprint density at radius 3 is 1.88 bits per heavy atom. The first-order chi connectivity index (χ1) is 12.2. The summed E-state index contributed by atoms with van der Waals surface area (Å²) < 4.78 is 6.26. The molecule has 142 valence electrons. The van der Waals surface area contributed by atoms with Crippen LogP contribution in [0.25, 0.3) is 0 Å². The Labute approximate surface area is 161 Å². The van der Waals surface area contributed by atoms with Gasteiger partial charge in [-0.05, 0) is 0 Å². The first-order valence-corrected chi connectivity index (χ1v) is 18.1. The molecule has 2 heteroatoms. The summed E-state index contributed by atoms with van der Waals surface area (Å²) in [7, 11) is 0. The average molecular weight is 450 g/mol. The third-order valence-electron chi connectivity index (χ3n) is 5.55. The van der Waals surface area contributed by atoms with Crippen LogP contribution in [0.4, 0.5) is 0 Å². The summed E-state index contributed by atoms with van der Waals surface area (Å²) in [6, 6.07) is 10.8. The normalized spacial score (nSPS) is 11.6. The zero-order valence-electron chi connectivity index (χ0n) is 17.1. The van der Waals surface area contributed by atoms with Crippen molar-refractivity contribution in [3.05, 3.63) is 46.1 Å². The summed E-state index contributed by atoms with van der Waals surface area (Å²) in [5, 5.41) is 3.72. The van der Waals surface area contributed by atoms with E-state index in [0.717, 1.165) is 19.5 Å². The standard InChI is InChI=1S/C11H14N.3C4H9.Sn/c1-2-9-12-10-8-11-6-4-3-5-7-11;3*1-3-4-2;/h3-7,12H,1,8-10H2;3*1,3-4H2,2H3;. The molecule has 1 aromatic rings. The SMILES string of the molecule is C=[C](CNCCc1ccccc1)[Sn]([CH2]CCC)([CH2]CCC)[CH2]CCC. The molecule has 25 heavy (non-hydrogen) atoms. The Hall–Kier alpha value is -0.281. The van der Waals surface area contributed by atoms with E-state index in [4.69, 9.17) is 0 Å². The molecule has 0 radical (unpaired) electrons. The molecule has 0 aliphatic heterocycles. The van der Waals surface area contributed by atoms with Gasteiger partial charge in [-0.1, -0.05) is 0 Å². The molecule has 0 aromatic heterocycles. The van der Waals surface area contributed by atoms with Crippen LogP contribution in [0.15, 0.2) is 40.5 Å². The van der Waals surface area contributed by atoms with Crippen LogP contribution in [0.1, 0.15) is 64.9 Å². The van der Waals surface area contributed by atoms with Crippen LogP contribution in [-0.2, 0) is 6.42 Å². The van der Waals surface area contributed by atoms with Crippen molar-refractivity contribution in [2.75, 3.05) is 13.1 Å². The monoisotopic (exact) mass is 451 g/mol. The van der Waals surface area contributed by atoms with Crippen molar-refractivity contribution in [3.8, 4) is 0 Å². The summed E-state index contributed by atoms with van der Waals surface area (Å²) >= 11 is -2.22. The predicted octanol–water partition coefficient (Wildman–Crippen LogP) is 6.76. The van der Waals surface area contributed by atoms with Gasteiger partial charge in [-0.25, -0.2) is 0 Å². The van der Waals surface area contributed by atoms with E-state index in [-0.39, 0.29) is 0 Å². The van der Waals surface area contributed by atoms with E-state index in [1.54, 1.807) is 3.59 Å². The van der Waals surface area contributed by atoms with Crippen molar-refractivity contribution in [2.24, 2.45) is 0 Å². The molecule has 0 atom stereocenters. The molecule has 1 N–H and O–H groups in total. The van der Waals surface area contributed by atoms with Gasteiger partial charge in [0.15, 0.2) is 0 Å². The van der Waals surface area contributed by atoms with Gasteiger partial charge in [-0.3, -0.25) is 0 Å². The quantitative estimate of drug-likeness (QED) is 0.230. The van der Waals surface area contributed by atoms with Gasteiger partial charge in [0.2, 0.25) is 0 Å². The minimum absolute atomic E-state index is 1.07. The van der Waals surface area contributed by atoms with Crippen LogP contribution in [0.3, 0.4) is 0 Å². The molecule has 0 bridgehead atoms. The molecule has 0 aliphatic rings. The molecular formula is C23H41NSn. The van der Waals surface area contributed by atoms with Crippen LogP contribution in [0, 0.1) is 0 Å². The first kappa shape index (κ1) is 22.8. The van der Waals surface area contributed by atoms with E-state index < -0.39 is 18.4 Å². The predicted molar refractivity (Wildman–Crippen MR) is 117 cm³/mol. The van der Waals surface area contributed by atoms with E-state index >= 15 is 0 Å². The summed E-state index contributed by atoms with van der Waals surface area (Å²) in [6.45, 7) is 13.8. The summed E-state index contributed by atoms with van der Waals surface area (Å²) in [4.78, 5) is 0. The first-order valence-electron chi connectivity index (χ1n) is 10.6. The van der Waals surface area contributed by atoms with Gasteiger partial charge in [0.05, 0.1) is 0 Å². The number of unbranched alkanes of at least 4 members (excludes halogenated alkanes) is 3. The van der Waals surface area contributed by atoms with Gasteiger partial charge >= 0.3 is 162 Å². The van der Waals surface area contributed by atoms with E-state index in [0.29, 0.717) is 0 Å². The third kappa shape index (κ3) is 8.77. The molecule has 1 nitrogen and oxygen atoms in total. The zero-order valence-corrected chi connectivity index (χ0v) is 19.9. The molecule has 0 spiro atoms. The van der Waals surface area contributed by atoms with Crippen molar-refractivity contribution >= 4 is 18.4 Å². The van der Waals surface area contributed by atoms with Crippen LogP contribution in [-0.4, -0.2) is 31.5 Å². The van der Waals surface area contributed by atoms with Crippen molar-refractivity contribution in [1.82, 2.24) is 5.32 Å². The van der Waals surface area contributed by atoms with Gasteiger partial charge in [-0.2, -0.15) is 0 Å². The second-order valence-electron chi connectivity index (χ2n) is 7.61. The molecule has 0 amide bonds. The topological polar surface area (TPSA) is 12.0 Å². The second kappa shape index (κ2) is 13.9. The molecule has 1 aromatic carbocycles. The second-order valence-corrected chi connectivity index (χ2v) is 21.2. The number of hydrogen-bond acceptors (Lipinski definition) is 1. The summed E-state index contributed by atoms with van der Waals surface area (Å²) in [5.74, 6) is 0. The molecule has 0 saturated heterocycles. The zero-order chi connectivity index (χ0) is 18.4. The van der Waals surface area contributed by atoms with Crippen LogP contribution >= 0.6 is 0 Å². The van der Waals surface area contributed by atoms with Crippen LogP contribution in [0.5, 0.6) is 0 Å². The van der Waals surface area contributed by atoms with E-state index in [1.807, 2.05) is 0 Å². The maximum atomic E-state index is 4.66. The van der Waals surface area contributed by atoms with Crippen LogP contribution < -0.4 is 5.32 Å². The summed E-state index contributed by atoms with van der Waals surface area (Å²) in [6.07, 6.45) is 9.41. The Bertz CT molecular complexity index is 433. The van der Waals surface area contributed by atoms with Gasteiger partial charge in [0, 0.05) is 0 Å². The van der Waals surface area contributed by atoms with Crippen molar-refractivity contribution in [3.63, 3.8) is 0 Å². The van der Waals surface area contributed by atoms with Gasteiger partial charge in [-0.15, -0.1) is 0 Å². The fourth-order valence-corrected chi connectivity index (χ4v) is 19.2. The van der Waals surface area contributed by atoms with Gasteiger partial charge in [0.1, 0.15) is 0 Å². The molecule has 0 saturated carbocycles. The molecular weight excluding hydrogens is 409 g/mol.